The molecule has 0 radical (unpaired) electrons. The first-order chi connectivity index (χ1) is 22.2. The molecule has 0 bridgehead atoms. The maximum atomic E-state index is 14.4. The molecule has 7 rings (SSSR count). The molecule has 0 aliphatic carbocycles. The molecule has 46 heavy (non-hydrogen) atoms. The highest BCUT2D eigenvalue weighted by Gasteiger charge is 2.45. The van der Waals surface area contributed by atoms with Gasteiger partial charge in [0.2, 0.25) is 0 Å². The Morgan fingerprint density at radius 3 is 2.54 bits per heavy atom. The molecule has 3 aliphatic rings. The first kappa shape index (κ1) is 30.0. The number of esters is 1. The molecule has 1 aromatic carbocycles. The molecule has 3 aliphatic heterocycles. The van der Waals surface area contributed by atoms with Crippen molar-refractivity contribution in [2.24, 2.45) is 5.41 Å². The molecule has 6 heterocycles. The Balaban J connectivity index is 1.09. The summed E-state index contributed by atoms with van der Waals surface area (Å²) < 4.78 is 24.9. The summed E-state index contributed by atoms with van der Waals surface area (Å²) in [5, 5.41) is 2.96. The van der Waals surface area contributed by atoms with Crippen LogP contribution < -0.4 is 15.1 Å². The maximum Gasteiger partial charge on any atom is 0.348 e. The largest absolute Gasteiger partial charge is 0.465 e. The number of benzene rings is 1. The van der Waals surface area contributed by atoms with Crippen molar-refractivity contribution < 1.29 is 28.2 Å². The van der Waals surface area contributed by atoms with Crippen molar-refractivity contribution >= 4 is 46.3 Å². The Morgan fingerprint density at radius 1 is 1.04 bits per heavy atom. The molecule has 236 valence electrons. The lowest BCUT2D eigenvalue weighted by atomic mass is 9.73. The number of aryl methyl sites for hydroxylation is 1. The van der Waals surface area contributed by atoms with Crippen molar-refractivity contribution in [3.05, 3.63) is 87.8 Å². The lowest BCUT2D eigenvalue weighted by Crippen LogP contribution is -2.59. The van der Waals surface area contributed by atoms with Crippen LogP contribution in [0.4, 0.5) is 21.6 Å². The number of ether oxygens (including phenoxy) is 2. The summed E-state index contributed by atoms with van der Waals surface area (Å²) in [7, 11) is 1.32. The number of halogens is 1. The molecule has 0 saturated carbocycles. The molecule has 1 spiro atoms. The first-order valence-corrected chi connectivity index (χ1v) is 15.9. The van der Waals surface area contributed by atoms with Gasteiger partial charge in [0, 0.05) is 61.8 Å². The normalized spacial score (nSPS) is 16.6. The Kier molecular flexibility index (Phi) is 7.77. The van der Waals surface area contributed by atoms with Crippen LogP contribution in [0.1, 0.15) is 54.4 Å². The zero-order chi connectivity index (χ0) is 32.0. The van der Waals surface area contributed by atoms with Gasteiger partial charge in [0.15, 0.2) is 0 Å². The van der Waals surface area contributed by atoms with E-state index in [2.05, 4.69) is 20.2 Å². The average Bonchev–Trinajstić information content (AvgIpc) is 3.42. The standard InChI is InChI=1S/C34H32FN5O5S/c1-20-13-25(30(37-16-20)39-18-34(19-39)8-11-45-12-9-34)31(41)38-24-5-3-21(4-6-24)32(42)40-10-7-22-14-27(33(43)44-2)46-29(22)28-26(40)15-23(35)17-36-28/h3-6,13-17H,7-12,18-19H2,1-2H3,(H,38,41). The van der Waals surface area contributed by atoms with Crippen LogP contribution in [0, 0.1) is 18.2 Å². The molecule has 0 atom stereocenters. The number of methoxy groups -OCH3 is 1. The van der Waals surface area contributed by atoms with E-state index in [0.29, 0.717) is 50.2 Å². The highest BCUT2D eigenvalue weighted by atomic mass is 32.1. The van der Waals surface area contributed by atoms with Crippen LogP contribution >= 0.6 is 11.3 Å². The van der Waals surface area contributed by atoms with Gasteiger partial charge in [0.05, 0.1) is 29.4 Å². The molecular weight excluding hydrogens is 609 g/mol. The van der Waals surface area contributed by atoms with Crippen LogP contribution in [0.5, 0.6) is 0 Å². The smallest absolute Gasteiger partial charge is 0.348 e. The van der Waals surface area contributed by atoms with E-state index in [9.17, 15) is 18.8 Å². The third kappa shape index (κ3) is 5.51. The van der Waals surface area contributed by atoms with Gasteiger partial charge in [-0.15, -0.1) is 11.3 Å². The van der Waals surface area contributed by atoms with Gasteiger partial charge in [-0.25, -0.2) is 14.2 Å². The van der Waals surface area contributed by atoms with Gasteiger partial charge in [-0.3, -0.25) is 14.6 Å². The van der Waals surface area contributed by atoms with Gasteiger partial charge in [-0.2, -0.15) is 0 Å². The van der Waals surface area contributed by atoms with E-state index >= 15 is 0 Å². The summed E-state index contributed by atoms with van der Waals surface area (Å²) in [6, 6.07) is 11.5. The van der Waals surface area contributed by atoms with Gasteiger partial charge in [0.1, 0.15) is 22.2 Å². The minimum Gasteiger partial charge on any atom is -0.465 e. The van der Waals surface area contributed by atoms with Crippen LogP contribution in [0.15, 0.2) is 54.9 Å². The number of pyridine rings is 2. The quantitative estimate of drug-likeness (QED) is 0.284. The van der Waals surface area contributed by atoms with Crippen molar-refractivity contribution in [1.29, 1.82) is 0 Å². The van der Waals surface area contributed by atoms with E-state index in [1.54, 1.807) is 36.5 Å². The third-order valence-electron chi connectivity index (χ3n) is 8.93. The second-order valence-electron chi connectivity index (χ2n) is 12.1. The lowest BCUT2D eigenvalue weighted by molar-refractivity contribution is -0.000512. The van der Waals surface area contributed by atoms with Gasteiger partial charge < -0.3 is 24.6 Å². The fraction of sp³-hybridized carbons (Fsp3) is 0.324. The Labute approximate surface area is 269 Å². The molecule has 10 nitrogen and oxygen atoms in total. The molecule has 1 N–H and O–H groups in total. The van der Waals surface area contributed by atoms with Gasteiger partial charge >= 0.3 is 5.97 Å². The SMILES string of the molecule is COC(=O)c1cc2c(s1)-c1ncc(F)cc1N(C(=O)c1ccc(NC(=O)c3cc(C)cnc3N3CC4(CCOCC4)C3)cc1)CC2. The summed E-state index contributed by atoms with van der Waals surface area (Å²) >= 11 is 1.21. The summed E-state index contributed by atoms with van der Waals surface area (Å²) in [5.41, 5.74) is 4.11. The maximum absolute atomic E-state index is 14.4. The van der Waals surface area contributed by atoms with E-state index in [1.165, 1.54) is 29.4 Å². The number of hydrogen-bond acceptors (Lipinski definition) is 9. The summed E-state index contributed by atoms with van der Waals surface area (Å²) in [5.74, 6) is -0.979. The van der Waals surface area contributed by atoms with Crippen LogP contribution in [0.3, 0.4) is 0 Å². The topological polar surface area (TPSA) is 114 Å². The van der Waals surface area contributed by atoms with Gasteiger partial charge in [0.25, 0.3) is 11.8 Å². The predicted octanol–water partition coefficient (Wildman–Crippen LogP) is 5.51. The molecule has 2 fully saturated rings. The minimum atomic E-state index is -0.575. The fourth-order valence-electron chi connectivity index (χ4n) is 6.45. The van der Waals surface area contributed by atoms with Crippen molar-refractivity contribution in [3.8, 4) is 10.6 Å². The van der Waals surface area contributed by atoms with Crippen LogP contribution in [0.2, 0.25) is 0 Å². The number of thiophene rings is 1. The number of aromatic nitrogens is 2. The summed E-state index contributed by atoms with van der Waals surface area (Å²) in [6.45, 7) is 5.40. The van der Waals surface area contributed by atoms with Crippen molar-refractivity contribution in [2.75, 3.05) is 55.1 Å². The molecule has 2 amide bonds. The number of rotatable bonds is 5. The van der Waals surface area contributed by atoms with Crippen LogP contribution in [-0.2, 0) is 15.9 Å². The van der Waals surface area contributed by atoms with Crippen molar-refractivity contribution in [1.82, 2.24) is 9.97 Å². The lowest BCUT2D eigenvalue weighted by Gasteiger charge is -2.53. The summed E-state index contributed by atoms with van der Waals surface area (Å²) in [4.78, 5) is 53.2. The monoisotopic (exact) mass is 641 g/mol. The van der Waals surface area contributed by atoms with E-state index in [1.807, 2.05) is 13.0 Å². The first-order valence-electron chi connectivity index (χ1n) is 15.1. The zero-order valence-corrected chi connectivity index (χ0v) is 26.3. The second kappa shape index (κ2) is 11.9. The van der Waals surface area contributed by atoms with E-state index in [4.69, 9.17) is 9.47 Å². The zero-order valence-electron chi connectivity index (χ0n) is 25.5. The molecule has 2 saturated heterocycles. The Morgan fingerprint density at radius 2 is 1.80 bits per heavy atom. The molecule has 3 aromatic heterocycles. The van der Waals surface area contributed by atoms with E-state index in [0.717, 1.165) is 56.5 Å². The number of hydrogen-bond donors (Lipinski definition) is 1. The van der Waals surface area contributed by atoms with Gasteiger partial charge in [-0.05, 0) is 73.7 Å². The molecule has 4 aromatic rings. The number of amides is 2. The van der Waals surface area contributed by atoms with Crippen LogP contribution in [-0.4, -0.2) is 67.7 Å². The number of carbonyl (C=O) groups excluding carboxylic acids is 3. The number of fused-ring (bicyclic) bond motifs is 3. The second-order valence-corrected chi connectivity index (χ2v) is 13.1. The van der Waals surface area contributed by atoms with E-state index in [-0.39, 0.29) is 23.8 Å². The average molecular weight is 642 g/mol. The highest BCUT2D eigenvalue weighted by molar-refractivity contribution is 7.17. The van der Waals surface area contributed by atoms with Crippen LogP contribution in [0.25, 0.3) is 10.6 Å². The Bertz CT molecular complexity index is 1850. The summed E-state index contributed by atoms with van der Waals surface area (Å²) in [6.07, 6.45) is 5.36. The third-order valence-corrected chi connectivity index (χ3v) is 10.1. The van der Waals surface area contributed by atoms with Crippen molar-refractivity contribution in [2.45, 2.75) is 26.2 Å². The number of anilines is 3. The number of carbonyl (C=O) groups is 3. The molecule has 0 unspecified atom stereocenters. The highest BCUT2D eigenvalue weighted by Crippen LogP contribution is 2.43. The van der Waals surface area contributed by atoms with E-state index < -0.39 is 11.8 Å². The number of nitrogens with zero attached hydrogens (tertiary/aromatic N) is 4. The molecule has 12 heteroatoms. The van der Waals surface area contributed by atoms with Gasteiger partial charge in [-0.1, -0.05) is 0 Å². The molecular formula is C34H32FN5O5S. The predicted molar refractivity (Wildman–Crippen MR) is 172 cm³/mol. The Hall–Kier alpha value is -4.68. The minimum absolute atomic E-state index is 0.231. The fourth-order valence-corrected chi connectivity index (χ4v) is 7.59. The number of nitrogens with one attached hydrogen (secondary N) is 1. The van der Waals surface area contributed by atoms with Crippen molar-refractivity contribution in [3.63, 3.8) is 0 Å².